The molecule has 166 valence electrons. The van der Waals surface area contributed by atoms with E-state index in [2.05, 4.69) is 21.9 Å². The minimum atomic E-state index is 0.536. The van der Waals surface area contributed by atoms with Crippen molar-refractivity contribution in [2.75, 3.05) is 33.6 Å². The number of hydrogen-bond acceptors (Lipinski definition) is 8. The predicted octanol–water partition coefficient (Wildman–Crippen LogP) is 3.19. The number of rotatable bonds is 6. The summed E-state index contributed by atoms with van der Waals surface area (Å²) in [5.41, 5.74) is 11.4. The lowest BCUT2D eigenvalue weighted by molar-refractivity contribution is 0.0619. The summed E-state index contributed by atoms with van der Waals surface area (Å²) in [5, 5.41) is 2.48. The molecular formula is C22H30N6O2S. The van der Waals surface area contributed by atoms with Gasteiger partial charge in [-0.3, -0.25) is 4.98 Å². The van der Waals surface area contributed by atoms with Gasteiger partial charge in [0.2, 0.25) is 5.88 Å². The molecule has 4 rings (SSSR count). The largest absolute Gasteiger partial charge is 0.480 e. The number of methoxy groups -OCH3 is 1. The van der Waals surface area contributed by atoms with E-state index in [0.717, 1.165) is 70.7 Å². The Balaban J connectivity index is 2.02. The van der Waals surface area contributed by atoms with Crippen LogP contribution in [-0.2, 0) is 11.3 Å². The second-order valence-electron chi connectivity index (χ2n) is 7.96. The van der Waals surface area contributed by atoms with Crippen LogP contribution in [0.3, 0.4) is 0 Å². The minimum absolute atomic E-state index is 0.536. The number of hydrazine groups is 1. The van der Waals surface area contributed by atoms with Crippen LogP contribution >= 0.6 is 11.8 Å². The topological polar surface area (TPSA) is 104 Å². The molecule has 0 radical (unpaired) electrons. The molecule has 4 N–H and O–H groups in total. The molecule has 1 fully saturated rings. The third kappa shape index (κ3) is 3.93. The van der Waals surface area contributed by atoms with Gasteiger partial charge >= 0.3 is 0 Å². The first-order valence-electron chi connectivity index (χ1n) is 10.4. The van der Waals surface area contributed by atoms with Gasteiger partial charge < -0.3 is 24.8 Å². The summed E-state index contributed by atoms with van der Waals surface area (Å²) in [7, 11) is 3.44. The SMILES string of the molecule is COc1ncc(SC)c2c1c1ncc(/C(=C(\C)N)N(C)N)cc1n2CC1CCOCC1. The van der Waals surface area contributed by atoms with Gasteiger partial charge in [-0.1, -0.05) is 0 Å². The molecule has 0 unspecified atom stereocenters. The Morgan fingerprint density at radius 1 is 1.32 bits per heavy atom. The molecule has 31 heavy (non-hydrogen) atoms. The standard InChI is InChI=1S/C22H30N6O2S/c1-13(23)20(27(2)24)15-9-16-19(25-10-15)18-21(17(31-4)11-26-22(18)29-3)28(16)12-14-5-7-30-8-6-14/h9-11,14H,5-8,12,23-24H2,1-4H3/b20-13-. The van der Waals surface area contributed by atoms with E-state index in [-0.39, 0.29) is 0 Å². The van der Waals surface area contributed by atoms with Crippen LogP contribution in [0.25, 0.3) is 27.6 Å². The highest BCUT2D eigenvalue weighted by Crippen LogP contribution is 2.40. The van der Waals surface area contributed by atoms with Crippen LogP contribution in [0.15, 0.2) is 29.1 Å². The Morgan fingerprint density at radius 2 is 2.06 bits per heavy atom. The molecule has 8 nitrogen and oxygen atoms in total. The Hall–Kier alpha value is -2.49. The van der Waals surface area contributed by atoms with Crippen LogP contribution in [0.4, 0.5) is 0 Å². The number of fused-ring (bicyclic) bond motifs is 3. The maximum Gasteiger partial charge on any atom is 0.224 e. The maximum absolute atomic E-state index is 6.14. The number of hydrogen-bond donors (Lipinski definition) is 2. The van der Waals surface area contributed by atoms with E-state index in [9.17, 15) is 0 Å². The van der Waals surface area contributed by atoms with Crippen molar-refractivity contribution in [3.8, 4) is 5.88 Å². The average molecular weight is 443 g/mol. The zero-order chi connectivity index (χ0) is 22.1. The van der Waals surface area contributed by atoms with Crippen molar-refractivity contribution in [3.05, 3.63) is 29.7 Å². The Morgan fingerprint density at radius 3 is 2.68 bits per heavy atom. The van der Waals surface area contributed by atoms with Crippen molar-refractivity contribution in [2.45, 2.75) is 31.2 Å². The molecular weight excluding hydrogens is 412 g/mol. The fourth-order valence-electron chi connectivity index (χ4n) is 4.44. The van der Waals surface area contributed by atoms with Crippen LogP contribution in [-0.4, -0.2) is 53.2 Å². The highest BCUT2D eigenvalue weighted by atomic mass is 32.2. The number of nitrogens with two attached hydrogens (primary N) is 2. The number of pyridine rings is 2. The normalized spacial score (nSPS) is 16.0. The zero-order valence-corrected chi connectivity index (χ0v) is 19.3. The molecule has 4 heterocycles. The van der Waals surface area contributed by atoms with Crippen LogP contribution in [0.5, 0.6) is 5.88 Å². The quantitative estimate of drug-likeness (QED) is 0.341. The number of nitrogens with zero attached hydrogens (tertiary/aromatic N) is 4. The van der Waals surface area contributed by atoms with E-state index in [1.165, 1.54) is 0 Å². The third-order valence-electron chi connectivity index (χ3n) is 5.84. The lowest BCUT2D eigenvalue weighted by Gasteiger charge is -2.24. The fourth-order valence-corrected chi connectivity index (χ4v) is 5.00. The molecule has 0 spiro atoms. The van der Waals surface area contributed by atoms with E-state index in [1.807, 2.05) is 19.3 Å². The molecule has 1 saturated heterocycles. The second kappa shape index (κ2) is 8.94. The number of ether oxygens (including phenoxy) is 2. The van der Waals surface area contributed by atoms with Gasteiger partial charge in [0, 0.05) is 50.5 Å². The Kier molecular flexibility index (Phi) is 6.27. The maximum atomic E-state index is 6.14. The van der Waals surface area contributed by atoms with E-state index >= 15 is 0 Å². The lowest BCUT2D eigenvalue weighted by Crippen LogP contribution is -2.26. The van der Waals surface area contributed by atoms with Crippen molar-refractivity contribution in [2.24, 2.45) is 17.5 Å². The van der Waals surface area contributed by atoms with Crippen molar-refractivity contribution >= 4 is 39.4 Å². The molecule has 3 aromatic rings. The molecule has 0 bridgehead atoms. The molecule has 1 aliphatic heterocycles. The van der Waals surface area contributed by atoms with E-state index in [0.29, 0.717) is 17.5 Å². The van der Waals surface area contributed by atoms with E-state index < -0.39 is 0 Å². The molecule has 0 saturated carbocycles. The summed E-state index contributed by atoms with van der Waals surface area (Å²) >= 11 is 1.68. The van der Waals surface area contributed by atoms with Gasteiger partial charge in [0.25, 0.3) is 0 Å². The van der Waals surface area contributed by atoms with E-state index in [4.69, 9.17) is 26.0 Å². The second-order valence-corrected chi connectivity index (χ2v) is 8.81. The van der Waals surface area contributed by atoms with Gasteiger partial charge in [-0.2, -0.15) is 0 Å². The first-order valence-corrected chi connectivity index (χ1v) is 11.6. The highest BCUT2D eigenvalue weighted by Gasteiger charge is 2.24. The summed E-state index contributed by atoms with van der Waals surface area (Å²) in [6.45, 7) is 4.35. The Labute approximate surface area is 186 Å². The summed E-state index contributed by atoms with van der Waals surface area (Å²) in [5.74, 6) is 7.21. The van der Waals surface area contributed by atoms with Crippen LogP contribution < -0.4 is 16.3 Å². The molecule has 1 aliphatic rings. The van der Waals surface area contributed by atoms with Crippen molar-refractivity contribution in [1.82, 2.24) is 19.5 Å². The summed E-state index contributed by atoms with van der Waals surface area (Å²) in [4.78, 5) is 10.5. The molecule has 0 amide bonds. The van der Waals surface area contributed by atoms with Crippen LogP contribution in [0.2, 0.25) is 0 Å². The number of aromatic nitrogens is 3. The average Bonchev–Trinajstić information content (AvgIpc) is 3.07. The summed E-state index contributed by atoms with van der Waals surface area (Å²) in [6, 6.07) is 2.13. The Bertz CT molecular complexity index is 1130. The first kappa shape index (κ1) is 21.7. The van der Waals surface area contributed by atoms with Gasteiger partial charge in [0.1, 0.15) is 5.52 Å². The molecule has 0 aliphatic carbocycles. The van der Waals surface area contributed by atoms with Crippen LogP contribution in [0.1, 0.15) is 25.3 Å². The van der Waals surface area contributed by atoms with Crippen molar-refractivity contribution in [3.63, 3.8) is 0 Å². The number of allylic oxidation sites excluding steroid dienone is 1. The smallest absolute Gasteiger partial charge is 0.224 e. The monoisotopic (exact) mass is 442 g/mol. The minimum Gasteiger partial charge on any atom is -0.480 e. The lowest BCUT2D eigenvalue weighted by atomic mass is 10.0. The third-order valence-corrected chi connectivity index (χ3v) is 6.58. The molecule has 3 aromatic heterocycles. The highest BCUT2D eigenvalue weighted by molar-refractivity contribution is 7.98. The molecule has 0 atom stereocenters. The van der Waals surface area contributed by atoms with Gasteiger partial charge in [-0.05, 0) is 38.0 Å². The number of thioether (sulfide) groups is 1. The van der Waals surface area contributed by atoms with Crippen LogP contribution in [0, 0.1) is 5.92 Å². The predicted molar refractivity (Wildman–Crippen MR) is 126 cm³/mol. The van der Waals surface area contributed by atoms with Crippen molar-refractivity contribution < 1.29 is 9.47 Å². The van der Waals surface area contributed by atoms with E-state index in [1.54, 1.807) is 30.9 Å². The first-order chi connectivity index (χ1) is 15.0. The summed E-state index contributed by atoms with van der Waals surface area (Å²) < 4.78 is 13.6. The molecule has 9 heteroatoms. The zero-order valence-electron chi connectivity index (χ0n) is 18.5. The van der Waals surface area contributed by atoms with Crippen molar-refractivity contribution in [1.29, 1.82) is 0 Å². The van der Waals surface area contributed by atoms with Gasteiger partial charge in [-0.25, -0.2) is 10.8 Å². The van der Waals surface area contributed by atoms with Gasteiger partial charge in [-0.15, -0.1) is 11.8 Å². The van der Waals surface area contributed by atoms with Gasteiger partial charge in [0.05, 0.1) is 34.1 Å². The fraction of sp³-hybridized carbons (Fsp3) is 0.455. The molecule has 0 aromatic carbocycles. The summed E-state index contributed by atoms with van der Waals surface area (Å²) in [6.07, 6.45) is 7.86. The van der Waals surface area contributed by atoms with Gasteiger partial charge in [0.15, 0.2) is 0 Å².